The number of hydrogen-bond donors (Lipinski definition) is 2. The zero-order valence-corrected chi connectivity index (χ0v) is 12.4. The number of phenols is 1. The predicted molar refractivity (Wildman–Crippen MR) is 76.9 cm³/mol. The molecule has 1 aromatic heterocycles. The minimum Gasteiger partial charge on any atom is -0.507 e. The molecule has 1 aromatic carbocycles. The summed E-state index contributed by atoms with van der Waals surface area (Å²) in [5, 5.41) is 17.0. The van der Waals surface area contributed by atoms with E-state index in [1.807, 2.05) is 32.9 Å². The zero-order chi connectivity index (χ0) is 15.0. The van der Waals surface area contributed by atoms with Crippen molar-refractivity contribution >= 4 is 0 Å². The van der Waals surface area contributed by atoms with Crippen molar-refractivity contribution in [3.8, 4) is 17.1 Å². The number of aromatic nitrogens is 2. The summed E-state index contributed by atoms with van der Waals surface area (Å²) < 4.78 is 11.0. The van der Waals surface area contributed by atoms with Crippen LogP contribution in [0.5, 0.6) is 5.75 Å². The number of aryl methyl sites for hydroxylation is 2. The molecule has 6 nitrogen and oxygen atoms in total. The van der Waals surface area contributed by atoms with Crippen molar-refractivity contribution in [2.24, 2.45) is 0 Å². The van der Waals surface area contributed by atoms with Gasteiger partial charge in [-0.25, -0.2) is 0 Å². The first-order valence-corrected chi connectivity index (χ1v) is 6.95. The Hall–Kier alpha value is -1.92. The van der Waals surface area contributed by atoms with Crippen LogP contribution in [0.15, 0.2) is 16.7 Å². The first kappa shape index (κ1) is 14.0. The van der Waals surface area contributed by atoms with Gasteiger partial charge in [0.05, 0.1) is 5.60 Å². The maximum absolute atomic E-state index is 9.80. The second-order valence-corrected chi connectivity index (χ2v) is 5.81. The van der Waals surface area contributed by atoms with E-state index in [1.54, 1.807) is 0 Å². The van der Waals surface area contributed by atoms with E-state index in [2.05, 4.69) is 15.5 Å². The number of benzene rings is 1. The first-order valence-electron chi connectivity index (χ1n) is 6.95. The normalized spacial score (nSPS) is 16.7. The number of rotatable bonds is 4. The largest absolute Gasteiger partial charge is 0.507 e. The summed E-state index contributed by atoms with van der Waals surface area (Å²) in [7, 11) is 0. The van der Waals surface area contributed by atoms with Crippen molar-refractivity contribution in [2.75, 3.05) is 13.1 Å². The van der Waals surface area contributed by atoms with Crippen LogP contribution < -0.4 is 5.32 Å². The third kappa shape index (κ3) is 2.77. The van der Waals surface area contributed by atoms with Crippen LogP contribution >= 0.6 is 0 Å². The molecule has 1 aliphatic heterocycles. The van der Waals surface area contributed by atoms with Gasteiger partial charge in [0, 0.05) is 18.7 Å². The topological polar surface area (TPSA) is 80.4 Å². The molecule has 0 aliphatic carbocycles. The molecule has 1 aliphatic rings. The summed E-state index contributed by atoms with van der Waals surface area (Å²) in [6.07, 6.45) is 0. The monoisotopic (exact) mass is 289 g/mol. The second-order valence-electron chi connectivity index (χ2n) is 5.81. The fourth-order valence-electron chi connectivity index (χ4n) is 2.33. The Kier molecular flexibility index (Phi) is 3.43. The van der Waals surface area contributed by atoms with Gasteiger partial charge in [0.15, 0.2) is 0 Å². The van der Waals surface area contributed by atoms with Crippen molar-refractivity contribution in [2.45, 2.75) is 33.0 Å². The molecular formula is C15H19N3O3. The quantitative estimate of drug-likeness (QED) is 0.895. The number of nitrogens with one attached hydrogen (secondary N) is 1. The molecule has 1 saturated heterocycles. The van der Waals surface area contributed by atoms with Crippen LogP contribution in [0.4, 0.5) is 0 Å². The van der Waals surface area contributed by atoms with Crippen LogP contribution in [0, 0.1) is 13.8 Å². The highest BCUT2D eigenvalue weighted by Crippen LogP contribution is 2.28. The number of phenolic OH excluding ortho intramolecular Hbond substituents is 1. The molecule has 2 N–H and O–H groups in total. The van der Waals surface area contributed by atoms with Crippen molar-refractivity contribution in [1.29, 1.82) is 0 Å². The van der Waals surface area contributed by atoms with Gasteiger partial charge in [-0.3, -0.25) is 0 Å². The molecule has 0 spiro atoms. The Balaban J connectivity index is 1.75. The molecule has 21 heavy (non-hydrogen) atoms. The Morgan fingerprint density at radius 1 is 1.33 bits per heavy atom. The van der Waals surface area contributed by atoms with Gasteiger partial charge >= 0.3 is 0 Å². The smallest absolute Gasteiger partial charge is 0.252 e. The zero-order valence-electron chi connectivity index (χ0n) is 12.4. The van der Waals surface area contributed by atoms with Gasteiger partial charge in [-0.2, -0.15) is 4.98 Å². The molecule has 3 rings (SSSR count). The van der Waals surface area contributed by atoms with Gasteiger partial charge < -0.3 is 19.7 Å². The molecule has 0 bridgehead atoms. The Morgan fingerprint density at radius 2 is 2.00 bits per heavy atom. The molecule has 2 aromatic rings. The summed E-state index contributed by atoms with van der Waals surface area (Å²) >= 11 is 0. The number of nitrogens with zero attached hydrogens (tertiary/aromatic N) is 2. The van der Waals surface area contributed by atoms with Crippen LogP contribution in [0.2, 0.25) is 0 Å². The van der Waals surface area contributed by atoms with Gasteiger partial charge in [-0.1, -0.05) is 5.16 Å². The fraction of sp³-hybridized carbons (Fsp3) is 0.467. The molecule has 2 heterocycles. The lowest BCUT2D eigenvalue weighted by atomic mass is 10.0. The molecule has 112 valence electrons. The summed E-state index contributed by atoms with van der Waals surface area (Å²) in [5.74, 6) is 1.27. The SMILES string of the molecule is Cc1cc(-c2noc(COC3(C)CNC3)n2)cc(C)c1O. The number of ether oxygens (including phenoxy) is 1. The van der Waals surface area contributed by atoms with Gasteiger partial charge in [-0.15, -0.1) is 0 Å². The number of hydrogen-bond acceptors (Lipinski definition) is 6. The highest BCUT2D eigenvalue weighted by atomic mass is 16.5. The van der Waals surface area contributed by atoms with Crippen molar-refractivity contribution in [1.82, 2.24) is 15.5 Å². The number of aromatic hydroxyl groups is 1. The summed E-state index contributed by atoms with van der Waals surface area (Å²) in [5.41, 5.74) is 2.27. The van der Waals surface area contributed by atoms with Crippen LogP contribution in [-0.2, 0) is 11.3 Å². The van der Waals surface area contributed by atoms with E-state index < -0.39 is 0 Å². The lowest BCUT2D eigenvalue weighted by Gasteiger charge is -2.38. The molecular weight excluding hydrogens is 270 g/mol. The Bertz CT molecular complexity index is 639. The molecule has 1 fully saturated rings. The fourth-order valence-corrected chi connectivity index (χ4v) is 2.33. The van der Waals surface area contributed by atoms with Crippen molar-refractivity contribution < 1.29 is 14.4 Å². The maximum atomic E-state index is 9.80. The Labute approximate surface area is 123 Å². The van der Waals surface area contributed by atoms with E-state index in [0.29, 0.717) is 24.1 Å². The van der Waals surface area contributed by atoms with Gasteiger partial charge in [0.2, 0.25) is 5.82 Å². The van der Waals surface area contributed by atoms with E-state index >= 15 is 0 Å². The average molecular weight is 289 g/mol. The summed E-state index contributed by atoms with van der Waals surface area (Å²) in [6.45, 7) is 7.73. The molecule has 0 radical (unpaired) electrons. The van der Waals surface area contributed by atoms with Gasteiger partial charge in [0.25, 0.3) is 5.89 Å². The van der Waals surface area contributed by atoms with Crippen LogP contribution in [0.1, 0.15) is 23.9 Å². The van der Waals surface area contributed by atoms with E-state index in [0.717, 1.165) is 29.8 Å². The van der Waals surface area contributed by atoms with E-state index in [-0.39, 0.29) is 5.60 Å². The maximum Gasteiger partial charge on any atom is 0.252 e. The third-order valence-corrected chi connectivity index (χ3v) is 3.76. The van der Waals surface area contributed by atoms with E-state index in [4.69, 9.17) is 9.26 Å². The highest BCUT2D eigenvalue weighted by molar-refractivity contribution is 5.60. The molecule has 0 amide bonds. The minimum absolute atomic E-state index is 0.139. The van der Waals surface area contributed by atoms with Crippen LogP contribution in [-0.4, -0.2) is 33.9 Å². The van der Waals surface area contributed by atoms with Crippen molar-refractivity contribution in [3.63, 3.8) is 0 Å². The Morgan fingerprint density at radius 3 is 2.57 bits per heavy atom. The average Bonchev–Trinajstić information content (AvgIpc) is 2.89. The predicted octanol–water partition coefficient (Wildman–Crippen LogP) is 1.94. The summed E-state index contributed by atoms with van der Waals surface area (Å²) in [6, 6.07) is 3.68. The second kappa shape index (κ2) is 5.13. The van der Waals surface area contributed by atoms with E-state index in [1.165, 1.54) is 0 Å². The molecule has 0 atom stereocenters. The lowest BCUT2D eigenvalue weighted by Crippen LogP contribution is -2.58. The highest BCUT2D eigenvalue weighted by Gasteiger charge is 2.33. The molecule has 0 unspecified atom stereocenters. The first-order chi connectivity index (χ1) is 9.97. The standard InChI is InChI=1S/C15H19N3O3/c1-9-4-11(5-10(2)13(9)19)14-17-12(21-18-14)6-20-15(3)7-16-8-15/h4-5,16,19H,6-8H2,1-3H3. The van der Waals surface area contributed by atoms with Gasteiger partial charge in [0.1, 0.15) is 12.4 Å². The lowest BCUT2D eigenvalue weighted by molar-refractivity contribution is -0.0841. The van der Waals surface area contributed by atoms with Crippen LogP contribution in [0.3, 0.4) is 0 Å². The molecule has 6 heteroatoms. The van der Waals surface area contributed by atoms with E-state index in [9.17, 15) is 5.11 Å². The van der Waals surface area contributed by atoms with Crippen molar-refractivity contribution in [3.05, 3.63) is 29.2 Å². The minimum atomic E-state index is -0.139. The summed E-state index contributed by atoms with van der Waals surface area (Å²) in [4.78, 5) is 4.35. The molecule has 0 saturated carbocycles. The van der Waals surface area contributed by atoms with Gasteiger partial charge in [-0.05, 0) is 44.0 Å². The van der Waals surface area contributed by atoms with Crippen LogP contribution in [0.25, 0.3) is 11.4 Å². The third-order valence-electron chi connectivity index (χ3n) is 3.76.